The molecule has 0 radical (unpaired) electrons. The van der Waals surface area contributed by atoms with Crippen molar-refractivity contribution in [1.82, 2.24) is 10.3 Å². The van der Waals surface area contributed by atoms with Gasteiger partial charge in [0.05, 0.1) is 5.69 Å². The van der Waals surface area contributed by atoms with Gasteiger partial charge in [0.2, 0.25) is 0 Å². The molecule has 0 atom stereocenters. The van der Waals surface area contributed by atoms with Gasteiger partial charge in [-0.2, -0.15) is 0 Å². The van der Waals surface area contributed by atoms with Gasteiger partial charge in [-0.25, -0.2) is 4.98 Å². The van der Waals surface area contributed by atoms with Crippen molar-refractivity contribution >= 4 is 33.1 Å². The molecule has 1 aliphatic rings. The zero-order valence-corrected chi connectivity index (χ0v) is 13.3. The number of nitrogen functional groups attached to an aromatic ring is 1. The van der Waals surface area contributed by atoms with Crippen molar-refractivity contribution in [2.75, 3.05) is 12.3 Å². The van der Waals surface area contributed by atoms with E-state index in [1.54, 1.807) is 6.20 Å². The molecule has 5 heteroatoms. The summed E-state index contributed by atoms with van der Waals surface area (Å²) in [4.78, 5) is 18.2. The molecule has 4 nitrogen and oxygen atoms in total. The fourth-order valence-corrected chi connectivity index (χ4v) is 4.21. The summed E-state index contributed by atoms with van der Waals surface area (Å²) < 4.78 is 0. The summed E-state index contributed by atoms with van der Waals surface area (Å²) in [7, 11) is 0. The minimum absolute atomic E-state index is 0.0666. The average molecular weight is 303 g/mol. The number of hydrogen-bond donors (Lipinski definition) is 2. The van der Waals surface area contributed by atoms with Crippen LogP contribution in [-0.4, -0.2) is 17.4 Å². The maximum Gasteiger partial charge on any atom is 0.263 e. The van der Waals surface area contributed by atoms with Crippen LogP contribution in [0.2, 0.25) is 0 Å². The average Bonchev–Trinajstić information content (AvgIpc) is 3.02. The lowest BCUT2D eigenvalue weighted by molar-refractivity contribution is 0.0939. The number of nitrogens with one attached hydrogen (secondary N) is 1. The van der Waals surface area contributed by atoms with Crippen LogP contribution in [0.5, 0.6) is 0 Å². The van der Waals surface area contributed by atoms with E-state index in [1.807, 2.05) is 13.0 Å². The second-order valence-corrected chi connectivity index (χ2v) is 7.35. The summed E-state index contributed by atoms with van der Waals surface area (Å²) in [5.41, 5.74) is 8.04. The predicted octanol–water partition coefficient (Wildman–Crippen LogP) is 3.50. The molecule has 2 aromatic rings. The van der Waals surface area contributed by atoms with Crippen molar-refractivity contribution in [1.29, 1.82) is 0 Å². The summed E-state index contributed by atoms with van der Waals surface area (Å²) in [6.45, 7) is 4.97. The predicted molar refractivity (Wildman–Crippen MR) is 87.7 cm³/mol. The molecule has 0 saturated heterocycles. The van der Waals surface area contributed by atoms with E-state index in [2.05, 4.69) is 17.2 Å². The molecule has 1 amide bonds. The third kappa shape index (κ3) is 2.62. The topological polar surface area (TPSA) is 68.0 Å². The van der Waals surface area contributed by atoms with E-state index in [-0.39, 0.29) is 11.3 Å². The summed E-state index contributed by atoms with van der Waals surface area (Å²) in [5.74, 6) is -0.0666. The molecule has 1 saturated carbocycles. The van der Waals surface area contributed by atoms with Crippen LogP contribution < -0.4 is 11.1 Å². The molecule has 0 spiro atoms. The van der Waals surface area contributed by atoms with Gasteiger partial charge < -0.3 is 11.1 Å². The van der Waals surface area contributed by atoms with Crippen molar-refractivity contribution in [2.45, 2.75) is 39.5 Å². The number of hydrogen-bond acceptors (Lipinski definition) is 4. The first kappa shape index (κ1) is 14.3. The summed E-state index contributed by atoms with van der Waals surface area (Å²) in [6, 6.07) is 1.92. The Morgan fingerprint density at radius 3 is 2.86 bits per heavy atom. The molecule has 0 unspecified atom stereocenters. The van der Waals surface area contributed by atoms with Crippen LogP contribution in [0, 0.1) is 12.3 Å². The smallest absolute Gasteiger partial charge is 0.263 e. The summed E-state index contributed by atoms with van der Waals surface area (Å²) >= 11 is 1.38. The molecule has 21 heavy (non-hydrogen) atoms. The van der Waals surface area contributed by atoms with Crippen LogP contribution in [-0.2, 0) is 0 Å². The monoisotopic (exact) mass is 303 g/mol. The molecule has 2 aromatic heterocycles. The van der Waals surface area contributed by atoms with Crippen LogP contribution in [0.1, 0.15) is 47.8 Å². The van der Waals surface area contributed by atoms with E-state index in [4.69, 9.17) is 5.73 Å². The van der Waals surface area contributed by atoms with Gasteiger partial charge in [0, 0.05) is 18.1 Å². The van der Waals surface area contributed by atoms with Crippen molar-refractivity contribution in [2.24, 2.45) is 5.41 Å². The van der Waals surface area contributed by atoms with Crippen LogP contribution in [0.4, 0.5) is 5.69 Å². The maximum atomic E-state index is 12.4. The minimum atomic E-state index is -0.0666. The van der Waals surface area contributed by atoms with Gasteiger partial charge in [0.1, 0.15) is 9.71 Å². The number of nitrogens with zero attached hydrogens (tertiary/aromatic N) is 1. The highest BCUT2D eigenvalue weighted by molar-refractivity contribution is 7.21. The minimum Gasteiger partial charge on any atom is -0.397 e. The van der Waals surface area contributed by atoms with E-state index in [1.165, 1.54) is 37.0 Å². The number of carbonyl (C=O) groups excluding carboxylic acids is 1. The van der Waals surface area contributed by atoms with Gasteiger partial charge in [0.25, 0.3) is 5.91 Å². The molecular formula is C16H21N3OS. The Morgan fingerprint density at radius 2 is 2.19 bits per heavy atom. The molecule has 3 N–H and O–H groups in total. The van der Waals surface area contributed by atoms with Gasteiger partial charge >= 0.3 is 0 Å². The Labute approximate surface area is 128 Å². The molecule has 2 heterocycles. The van der Waals surface area contributed by atoms with Gasteiger partial charge in [-0.3, -0.25) is 4.79 Å². The summed E-state index contributed by atoms with van der Waals surface area (Å²) in [6.07, 6.45) is 6.67. The molecular weight excluding hydrogens is 282 g/mol. The number of fused-ring (bicyclic) bond motifs is 1. The third-order valence-electron chi connectivity index (χ3n) is 4.53. The Balaban J connectivity index is 1.82. The number of aromatic nitrogens is 1. The number of rotatable bonds is 3. The van der Waals surface area contributed by atoms with Crippen molar-refractivity contribution < 1.29 is 4.79 Å². The Hall–Kier alpha value is -1.62. The van der Waals surface area contributed by atoms with Gasteiger partial charge in [-0.1, -0.05) is 19.8 Å². The zero-order valence-electron chi connectivity index (χ0n) is 12.5. The van der Waals surface area contributed by atoms with E-state index in [0.717, 1.165) is 22.3 Å². The molecule has 1 fully saturated rings. The number of nitrogens with two attached hydrogens (primary N) is 1. The number of carbonyl (C=O) groups is 1. The molecule has 0 bridgehead atoms. The lowest BCUT2D eigenvalue weighted by Crippen LogP contribution is -2.34. The second kappa shape index (κ2) is 5.30. The van der Waals surface area contributed by atoms with Crippen molar-refractivity contribution in [3.63, 3.8) is 0 Å². The van der Waals surface area contributed by atoms with Gasteiger partial charge in [-0.15, -0.1) is 11.3 Å². The van der Waals surface area contributed by atoms with E-state index in [0.29, 0.717) is 10.6 Å². The van der Waals surface area contributed by atoms with Gasteiger partial charge in [0.15, 0.2) is 0 Å². The highest BCUT2D eigenvalue weighted by atomic mass is 32.1. The van der Waals surface area contributed by atoms with Crippen LogP contribution >= 0.6 is 11.3 Å². The highest BCUT2D eigenvalue weighted by Crippen LogP contribution is 2.37. The molecule has 1 aliphatic carbocycles. The van der Waals surface area contributed by atoms with Crippen molar-refractivity contribution in [3.8, 4) is 0 Å². The van der Waals surface area contributed by atoms with Crippen molar-refractivity contribution in [3.05, 3.63) is 22.7 Å². The number of aryl methyl sites for hydroxylation is 1. The zero-order chi connectivity index (χ0) is 15.0. The Morgan fingerprint density at radius 1 is 1.48 bits per heavy atom. The quantitative estimate of drug-likeness (QED) is 0.912. The number of pyridine rings is 1. The fraction of sp³-hybridized carbons (Fsp3) is 0.500. The fourth-order valence-electron chi connectivity index (χ4n) is 3.15. The van der Waals surface area contributed by atoms with E-state index >= 15 is 0 Å². The lowest BCUT2D eigenvalue weighted by Gasteiger charge is -2.23. The molecule has 3 rings (SSSR count). The standard InChI is InChI=1S/C16H21N3OS/c1-10-5-8-18-15-11(10)12(17)13(21-15)14(20)19-9-16(2)6-3-4-7-16/h5,8H,3-4,6-7,9,17H2,1-2H3,(H,19,20). The Kier molecular flexibility index (Phi) is 3.61. The maximum absolute atomic E-state index is 12.4. The van der Waals surface area contributed by atoms with Gasteiger partial charge in [-0.05, 0) is 36.8 Å². The lowest BCUT2D eigenvalue weighted by atomic mass is 9.89. The number of anilines is 1. The van der Waals surface area contributed by atoms with E-state index in [9.17, 15) is 4.79 Å². The van der Waals surface area contributed by atoms with Crippen LogP contribution in [0.25, 0.3) is 10.2 Å². The Bertz CT molecular complexity index is 686. The van der Waals surface area contributed by atoms with Crippen LogP contribution in [0.3, 0.4) is 0 Å². The van der Waals surface area contributed by atoms with Crippen LogP contribution in [0.15, 0.2) is 12.3 Å². The highest BCUT2D eigenvalue weighted by Gasteiger charge is 2.29. The normalized spacial score (nSPS) is 17.2. The number of amides is 1. The number of thiophene rings is 1. The second-order valence-electron chi connectivity index (χ2n) is 6.35. The molecule has 0 aromatic carbocycles. The first-order valence-electron chi connectivity index (χ1n) is 7.42. The molecule has 112 valence electrons. The third-order valence-corrected chi connectivity index (χ3v) is 5.64. The summed E-state index contributed by atoms with van der Waals surface area (Å²) in [5, 5.41) is 3.98. The molecule has 0 aliphatic heterocycles. The SMILES string of the molecule is Cc1ccnc2sc(C(=O)NCC3(C)CCCC3)c(N)c12. The first-order chi connectivity index (χ1) is 10.0. The first-order valence-corrected chi connectivity index (χ1v) is 8.24. The van der Waals surface area contributed by atoms with E-state index < -0.39 is 0 Å². The largest absolute Gasteiger partial charge is 0.397 e.